The average molecular weight is 267 g/mol. The minimum Gasteiger partial charge on any atom is -0.287 e. The van der Waals surface area contributed by atoms with E-state index in [1.807, 2.05) is 25.1 Å². The summed E-state index contributed by atoms with van der Waals surface area (Å²) < 4.78 is 1.12. The van der Waals surface area contributed by atoms with Crippen LogP contribution in [0.5, 0.6) is 0 Å². The van der Waals surface area contributed by atoms with Crippen LogP contribution in [0.25, 0.3) is 10.2 Å². The Hall–Kier alpha value is -1.13. The molecule has 1 aliphatic heterocycles. The fraction of sp³-hybridized carbons (Fsp3) is 0.333. The van der Waals surface area contributed by atoms with E-state index in [2.05, 4.69) is 4.98 Å². The third kappa shape index (κ3) is 1.81. The summed E-state index contributed by atoms with van der Waals surface area (Å²) in [6, 6.07) is 6.07. The molecule has 0 spiro atoms. The van der Waals surface area contributed by atoms with Gasteiger partial charge in [-0.15, -0.1) is 11.6 Å². The molecule has 1 aromatic carbocycles. The number of aromatic nitrogens is 1. The molecule has 88 valence electrons. The highest BCUT2D eigenvalue weighted by atomic mass is 35.5. The first-order valence-electron chi connectivity index (χ1n) is 5.46. The molecule has 2 aromatic rings. The van der Waals surface area contributed by atoms with Gasteiger partial charge in [-0.25, -0.2) is 4.98 Å². The highest BCUT2D eigenvalue weighted by molar-refractivity contribution is 7.22. The molecule has 17 heavy (non-hydrogen) atoms. The Morgan fingerprint density at radius 2 is 2.35 bits per heavy atom. The van der Waals surface area contributed by atoms with Crippen molar-refractivity contribution in [3.63, 3.8) is 0 Å². The quantitative estimate of drug-likeness (QED) is 0.744. The van der Waals surface area contributed by atoms with E-state index in [-0.39, 0.29) is 11.3 Å². The first-order valence-corrected chi connectivity index (χ1v) is 6.71. The Morgan fingerprint density at radius 1 is 1.53 bits per heavy atom. The number of anilines is 1. The van der Waals surface area contributed by atoms with Gasteiger partial charge in [-0.1, -0.05) is 23.5 Å². The Morgan fingerprint density at radius 3 is 3.00 bits per heavy atom. The molecule has 1 saturated heterocycles. The van der Waals surface area contributed by atoms with Crippen LogP contribution in [0.15, 0.2) is 18.2 Å². The van der Waals surface area contributed by atoms with E-state index in [4.69, 9.17) is 11.6 Å². The van der Waals surface area contributed by atoms with E-state index in [1.54, 1.807) is 16.2 Å². The molecule has 5 heteroatoms. The molecule has 1 aromatic heterocycles. The van der Waals surface area contributed by atoms with E-state index >= 15 is 0 Å². The number of hydrogen-bond donors (Lipinski definition) is 0. The summed E-state index contributed by atoms with van der Waals surface area (Å²) in [6.07, 6.45) is 0.413. The second kappa shape index (κ2) is 3.96. The number of nitrogens with zero attached hydrogens (tertiary/aromatic N) is 2. The molecule has 0 radical (unpaired) electrons. The number of thiazole rings is 1. The van der Waals surface area contributed by atoms with Crippen LogP contribution in [0, 0.1) is 6.92 Å². The number of rotatable bonds is 1. The van der Waals surface area contributed by atoms with Crippen LogP contribution in [-0.2, 0) is 4.79 Å². The number of amides is 1. The van der Waals surface area contributed by atoms with Gasteiger partial charge in [0, 0.05) is 13.0 Å². The largest absolute Gasteiger partial charge is 0.287 e. The van der Waals surface area contributed by atoms with E-state index in [9.17, 15) is 4.79 Å². The SMILES string of the molecule is Cc1cccc2sc(N3CC(Cl)CC3=O)nc12. The number of fused-ring (bicyclic) bond motifs is 1. The van der Waals surface area contributed by atoms with Gasteiger partial charge in [0.15, 0.2) is 5.13 Å². The summed E-state index contributed by atoms with van der Waals surface area (Å²) in [5, 5.41) is 0.679. The van der Waals surface area contributed by atoms with E-state index < -0.39 is 0 Å². The van der Waals surface area contributed by atoms with Crippen LogP contribution < -0.4 is 4.90 Å². The van der Waals surface area contributed by atoms with Crippen molar-refractivity contribution in [2.24, 2.45) is 0 Å². The van der Waals surface area contributed by atoms with Gasteiger partial charge in [0.1, 0.15) is 0 Å². The van der Waals surface area contributed by atoms with E-state index in [1.165, 1.54) is 0 Å². The molecule has 1 aliphatic rings. The number of carbonyl (C=O) groups excluding carboxylic acids is 1. The average Bonchev–Trinajstić information content (AvgIpc) is 2.82. The number of carbonyl (C=O) groups is 1. The van der Waals surface area contributed by atoms with E-state index in [0.29, 0.717) is 13.0 Å². The van der Waals surface area contributed by atoms with Crippen LogP contribution in [0.1, 0.15) is 12.0 Å². The standard InChI is InChI=1S/C12H11ClN2OS/c1-7-3-2-4-9-11(7)14-12(17-9)15-6-8(13)5-10(15)16/h2-4,8H,5-6H2,1H3. The number of halogens is 1. The molecule has 3 rings (SSSR count). The number of para-hydroxylation sites is 1. The van der Waals surface area contributed by atoms with Crippen molar-refractivity contribution in [1.29, 1.82) is 0 Å². The number of benzene rings is 1. The molecular formula is C12H11ClN2OS. The molecule has 1 fully saturated rings. The summed E-state index contributed by atoms with van der Waals surface area (Å²) >= 11 is 7.55. The molecule has 1 amide bonds. The van der Waals surface area contributed by atoms with Crippen LogP contribution in [0.2, 0.25) is 0 Å². The second-order valence-electron chi connectivity index (χ2n) is 4.22. The Balaban J connectivity index is 2.07. The minimum atomic E-state index is -0.0874. The van der Waals surface area contributed by atoms with Crippen LogP contribution in [-0.4, -0.2) is 22.8 Å². The lowest BCUT2D eigenvalue weighted by Crippen LogP contribution is -2.24. The smallest absolute Gasteiger partial charge is 0.230 e. The molecular weight excluding hydrogens is 256 g/mol. The first-order chi connectivity index (χ1) is 8.15. The Labute approximate surface area is 108 Å². The maximum atomic E-state index is 11.8. The van der Waals surface area contributed by atoms with Crippen molar-refractivity contribution in [3.05, 3.63) is 23.8 Å². The predicted molar refractivity (Wildman–Crippen MR) is 71.0 cm³/mol. The molecule has 2 heterocycles. The molecule has 0 aliphatic carbocycles. The zero-order valence-corrected chi connectivity index (χ0v) is 10.9. The zero-order valence-electron chi connectivity index (χ0n) is 9.31. The molecule has 1 atom stereocenters. The van der Waals surface area contributed by atoms with Crippen LogP contribution in [0.4, 0.5) is 5.13 Å². The summed E-state index contributed by atoms with van der Waals surface area (Å²) in [7, 11) is 0. The Kier molecular flexibility index (Phi) is 2.56. The lowest BCUT2D eigenvalue weighted by atomic mass is 10.2. The maximum absolute atomic E-state index is 11.8. The number of hydrogen-bond acceptors (Lipinski definition) is 3. The van der Waals surface area contributed by atoms with Crippen LogP contribution >= 0.6 is 22.9 Å². The van der Waals surface area contributed by atoms with Gasteiger partial charge in [0.2, 0.25) is 5.91 Å². The molecule has 3 nitrogen and oxygen atoms in total. The fourth-order valence-electron chi connectivity index (χ4n) is 2.04. The highest BCUT2D eigenvalue weighted by Gasteiger charge is 2.31. The van der Waals surface area contributed by atoms with E-state index in [0.717, 1.165) is 20.9 Å². The summed E-state index contributed by atoms with van der Waals surface area (Å²) in [5.74, 6) is 0.0710. The lowest BCUT2D eigenvalue weighted by Gasteiger charge is -2.10. The van der Waals surface area contributed by atoms with Gasteiger partial charge in [0.05, 0.1) is 15.6 Å². The first kappa shape index (κ1) is 11.0. The second-order valence-corrected chi connectivity index (χ2v) is 5.85. The number of aryl methyl sites for hydroxylation is 1. The van der Waals surface area contributed by atoms with Crippen molar-refractivity contribution < 1.29 is 4.79 Å². The molecule has 0 saturated carbocycles. The predicted octanol–water partition coefficient (Wildman–Crippen LogP) is 2.95. The van der Waals surface area contributed by atoms with Crippen molar-refractivity contribution in [2.75, 3.05) is 11.4 Å². The minimum absolute atomic E-state index is 0.0710. The van der Waals surface area contributed by atoms with Crippen molar-refractivity contribution >= 4 is 44.2 Å². The van der Waals surface area contributed by atoms with Crippen LogP contribution in [0.3, 0.4) is 0 Å². The fourth-order valence-corrected chi connectivity index (χ4v) is 3.38. The normalized spacial score (nSPS) is 20.5. The summed E-state index contributed by atoms with van der Waals surface area (Å²) in [6.45, 7) is 2.60. The third-order valence-corrected chi connectivity index (χ3v) is 4.25. The van der Waals surface area contributed by atoms with Gasteiger partial charge < -0.3 is 0 Å². The summed E-state index contributed by atoms with van der Waals surface area (Å²) in [5.41, 5.74) is 2.12. The molecule has 0 bridgehead atoms. The highest BCUT2D eigenvalue weighted by Crippen LogP contribution is 2.33. The van der Waals surface area contributed by atoms with Crippen molar-refractivity contribution in [3.8, 4) is 0 Å². The van der Waals surface area contributed by atoms with Gasteiger partial charge >= 0.3 is 0 Å². The van der Waals surface area contributed by atoms with Gasteiger partial charge in [-0.3, -0.25) is 9.69 Å². The maximum Gasteiger partial charge on any atom is 0.230 e. The Bertz CT molecular complexity index is 595. The van der Waals surface area contributed by atoms with Gasteiger partial charge in [-0.05, 0) is 18.6 Å². The third-order valence-electron chi connectivity index (χ3n) is 2.92. The summed E-state index contributed by atoms with van der Waals surface area (Å²) in [4.78, 5) is 18.0. The zero-order chi connectivity index (χ0) is 12.0. The van der Waals surface area contributed by atoms with Crippen molar-refractivity contribution in [2.45, 2.75) is 18.7 Å². The monoisotopic (exact) mass is 266 g/mol. The molecule has 0 N–H and O–H groups in total. The van der Waals surface area contributed by atoms with Crippen molar-refractivity contribution in [1.82, 2.24) is 4.98 Å². The molecule has 1 unspecified atom stereocenters. The van der Waals surface area contributed by atoms with Gasteiger partial charge in [-0.2, -0.15) is 0 Å². The van der Waals surface area contributed by atoms with Gasteiger partial charge in [0.25, 0.3) is 0 Å². The topological polar surface area (TPSA) is 33.2 Å². The number of alkyl halides is 1. The lowest BCUT2D eigenvalue weighted by molar-refractivity contribution is -0.117.